The summed E-state index contributed by atoms with van der Waals surface area (Å²) in [7, 11) is 0. The number of anilines is 1. The molecule has 0 saturated heterocycles. The highest BCUT2D eigenvalue weighted by molar-refractivity contribution is 6.31. The van der Waals surface area contributed by atoms with Gasteiger partial charge in [0.05, 0.1) is 11.6 Å². The minimum absolute atomic E-state index is 0.0556. The van der Waals surface area contributed by atoms with E-state index in [1.54, 1.807) is 54.6 Å². The summed E-state index contributed by atoms with van der Waals surface area (Å²) in [5.74, 6) is -1.10. The standard InChI is InChI=1S/C24H20Cl2N2O4/c1-24(2,3)17-12-18(27-32-17)28-20(13-4-8-15(25)9-5-13)19(22(30)23(28)31)21(29)14-6-10-16(26)11-7-14/h4-12,20,30H,1-3H3. The first kappa shape index (κ1) is 22.1. The fraction of sp³-hybridized carbons (Fsp3) is 0.208. The number of aromatic nitrogens is 1. The second-order valence-electron chi connectivity index (χ2n) is 8.53. The first-order chi connectivity index (χ1) is 15.1. The van der Waals surface area contributed by atoms with Crippen LogP contribution in [0.5, 0.6) is 0 Å². The Kier molecular flexibility index (Phi) is 5.61. The van der Waals surface area contributed by atoms with Gasteiger partial charge in [0.25, 0.3) is 5.91 Å². The number of carbonyl (C=O) groups is 2. The molecule has 4 rings (SSSR count). The van der Waals surface area contributed by atoms with Gasteiger partial charge >= 0.3 is 0 Å². The summed E-state index contributed by atoms with van der Waals surface area (Å²) in [5, 5.41) is 15.8. The van der Waals surface area contributed by atoms with Crippen molar-refractivity contribution in [2.75, 3.05) is 4.90 Å². The van der Waals surface area contributed by atoms with E-state index in [0.717, 1.165) is 0 Å². The number of Topliss-reactive ketones (excluding diaryl/α,β-unsaturated/α-hetero) is 1. The van der Waals surface area contributed by atoms with Crippen molar-refractivity contribution < 1.29 is 19.2 Å². The van der Waals surface area contributed by atoms with Crippen molar-refractivity contribution >= 4 is 40.7 Å². The molecule has 0 radical (unpaired) electrons. The Labute approximate surface area is 195 Å². The molecule has 32 heavy (non-hydrogen) atoms. The lowest BCUT2D eigenvalue weighted by atomic mass is 9.92. The van der Waals surface area contributed by atoms with E-state index in [9.17, 15) is 14.7 Å². The van der Waals surface area contributed by atoms with Gasteiger partial charge < -0.3 is 9.63 Å². The van der Waals surface area contributed by atoms with Crippen LogP contribution in [0.4, 0.5) is 5.82 Å². The van der Waals surface area contributed by atoms with Gasteiger partial charge in [0.1, 0.15) is 5.76 Å². The molecule has 6 nitrogen and oxygen atoms in total. The number of carbonyl (C=O) groups excluding carboxylic acids is 2. The van der Waals surface area contributed by atoms with E-state index < -0.39 is 23.5 Å². The van der Waals surface area contributed by atoms with Gasteiger partial charge in [-0.05, 0) is 42.0 Å². The normalized spacial score (nSPS) is 16.7. The van der Waals surface area contributed by atoms with Gasteiger partial charge in [0.2, 0.25) is 0 Å². The molecule has 0 saturated carbocycles. The van der Waals surface area contributed by atoms with E-state index >= 15 is 0 Å². The number of hydrogen-bond acceptors (Lipinski definition) is 5. The maximum absolute atomic E-state index is 13.4. The van der Waals surface area contributed by atoms with Gasteiger partial charge in [0, 0.05) is 27.1 Å². The molecule has 1 atom stereocenters. The maximum Gasteiger partial charge on any atom is 0.295 e. The second kappa shape index (κ2) is 8.11. The average molecular weight is 471 g/mol. The van der Waals surface area contributed by atoms with Crippen molar-refractivity contribution in [1.29, 1.82) is 0 Å². The molecule has 0 aliphatic carbocycles. The summed E-state index contributed by atoms with van der Waals surface area (Å²) < 4.78 is 5.46. The molecule has 0 fully saturated rings. The number of amides is 1. The molecule has 164 valence electrons. The van der Waals surface area contributed by atoms with E-state index in [4.69, 9.17) is 27.7 Å². The van der Waals surface area contributed by atoms with Crippen molar-refractivity contribution in [3.63, 3.8) is 0 Å². The van der Waals surface area contributed by atoms with E-state index in [2.05, 4.69) is 5.16 Å². The average Bonchev–Trinajstić information content (AvgIpc) is 3.32. The topological polar surface area (TPSA) is 83.6 Å². The lowest BCUT2D eigenvalue weighted by Gasteiger charge is -2.24. The van der Waals surface area contributed by atoms with Gasteiger partial charge in [-0.15, -0.1) is 0 Å². The third-order valence-electron chi connectivity index (χ3n) is 5.23. The highest BCUT2D eigenvalue weighted by atomic mass is 35.5. The number of aliphatic hydroxyl groups excluding tert-OH is 1. The summed E-state index contributed by atoms with van der Waals surface area (Å²) in [6.07, 6.45) is 0. The van der Waals surface area contributed by atoms with Crippen LogP contribution in [0, 0.1) is 0 Å². The molecular weight excluding hydrogens is 451 g/mol. The van der Waals surface area contributed by atoms with E-state index in [1.807, 2.05) is 20.8 Å². The molecule has 0 spiro atoms. The first-order valence-corrected chi connectivity index (χ1v) is 10.6. The van der Waals surface area contributed by atoms with Crippen LogP contribution in [0.3, 0.4) is 0 Å². The molecule has 1 aromatic heterocycles. The Hall–Kier alpha value is -3.09. The monoisotopic (exact) mass is 470 g/mol. The van der Waals surface area contributed by atoms with Crippen LogP contribution < -0.4 is 4.90 Å². The molecule has 1 unspecified atom stereocenters. The smallest absolute Gasteiger partial charge is 0.295 e. The molecule has 0 bridgehead atoms. The van der Waals surface area contributed by atoms with Gasteiger partial charge in [-0.25, -0.2) is 0 Å². The predicted octanol–water partition coefficient (Wildman–Crippen LogP) is 6.06. The number of nitrogens with zero attached hydrogens (tertiary/aromatic N) is 2. The van der Waals surface area contributed by atoms with Crippen molar-refractivity contribution in [2.45, 2.75) is 32.2 Å². The quantitative estimate of drug-likeness (QED) is 0.468. The number of hydrogen-bond donors (Lipinski definition) is 1. The molecule has 2 heterocycles. The Morgan fingerprint density at radius 1 is 1.03 bits per heavy atom. The van der Waals surface area contributed by atoms with Crippen molar-refractivity contribution in [1.82, 2.24) is 5.16 Å². The van der Waals surface area contributed by atoms with Gasteiger partial charge in [-0.3, -0.25) is 14.5 Å². The van der Waals surface area contributed by atoms with Crippen molar-refractivity contribution in [3.8, 4) is 0 Å². The number of benzene rings is 2. The highest BCUT2D eigenvalue weighted by Crippen LogP contribution is 2.42. The third-order valence-corrected chi connectivity index (χ3v) is 5.73. The number of rotatable bonds is 4. The Morgan fingerprint density at radius 2 is 1.59 bits per heavy atom. The molecule has 1 N–H and O–H groups in total. The maximum atomic E-state index is 13.4. The fourth-order valence-corrected chi connectivity index (χ4v) is 3.78. The molecule has 3 aromatic rings. The number of ketones is 1. The lowest BCUT2D eigenvalue weighted by molar-refractivity contribution is -0.117. The van der Waals surface area contributed by atoms with Crippen LogP contribution in [0.25, 0.3) is 0 Å². The van der Waals surface area contributed by atoms with Gasteiger partial charge in [-0.1, -0.05) is 61.3 Å². The molecule has 2 aromatic carbocycles. The first-order valence-electron chi connectivity index (χ1n) is 9.87. The zero-order valence-electron chi connectivity index (χ0n) is 17.6. The van der Waals surface area contributed by atoms with Crippen LogP contribution in [-0.4, -0.2) is 22.0 Å². The number of aliphatic hydroxyl groups is 1. The zero-order chi connectivity index (χ0) is 23.2. The predicted molar refractivity (Wildman–Crippen MR) is 122 cm³/mol. The largest absolute Gasteiger partial charge is 0.503 e. The van der Waals surface area contributed by atoms with E-state index in [0.29, 0.717) is 26.9 Å². The second-order valence-corrected chi connectivity index (χ2v) is 9.40. The Morgan fingerprint density at radius 3 is 2.12 bits per heavy atom. The van der Waals surface area contributed by atoms with Crippen LogP contribution in [0.2, 0.25) is 10.0 Å². The van der Waals surface area contributed by atoms with Crippen LogP contribution in [-0.2, 0) is 10.2 Å². The van der Waals surface area contributed by atoms with E-state index in [-0.39, 0.29) is 16.8 Å². The molecule has 8 heteroatoms. The minimum Gasteiger partial charge on any atom is -0.503 e. The fourth-order valence-electron chi connectivity index (χ4n) is 3.52. The highest BCUT2D eigenvalue weighted by Gasteiger charge is 2.46. The van der Waals surface area contributed by atoms with Crippen molar-refractivity contribution in [3.05, 3.63) is 92.9 Å². The van der Waals surface area contributed by atoms with Crippen LogP contribution >= 0.6 is 23.2 Å². The Balaban J connectivity index is 1.85. The van der Waals surface area contributed by atoms with Crippen LogP contribution in [0.15, 0.2) is 70.5 Å². The SMILES string of the molecule is CC(C)(C)c1cc(N2C(=O)C(O)=C(C(=O)c3ccc(Cl)cc3)C2c2ccc(Cl)cc2)no1. The molecule has 1 aliphatic heterocycles. The summed E-state index contributed by atoms with van der Waals surface area (Å²) in [4.78, 5) is 27.8. The van der Waals surface area contributed by atoms with E-state index in [1.165, 1.54) is 4.90 Å². The molecule has 1 amide bonds. The molecular formula is C24H20Cl2N2O4. The van der Waals surface area contributed by atoms with Gasteiger partial charge in [-0.2, -0.15) is 0 Å². The summed E-state index contributed by atoms with van der Waals surface area (Å²) >= 11 is 12.0. The number of halogens is 2. The zero-order valence-corrected chi connectivity index (χ0v) is 19.1. The Bertz CT molecular complexity index is 1220. The summed E-state index contributed by atoms with van der Waals surface area (Å²) in [6, 6.07) is 13.7. The summed E-state index contributed by atoms with van der Waals surface area (Å²) in [5.41, 5.74) is 0.478. The van der Waals surface area contributed by atoms with Gasteiger partial charge in [0.15, 0.2) is 17.4 Å². The molecule has 1 aliphatic rings. The summed E-state index contributed by atoms with van der Waals surface area (Å²) in [6.45, 7) is 5.85. The third kappa shape index (κ3) is 3.92. The van der Waals surface area contributed by atoms with Crippen LogP contribution in [0.1, 0.15) is 48.5 Å². The van der Waals surface area contributed by atoms with Crippen molar-refractivity contribution in [2.24, 2.45) is 0 Å². The lowest BCUT2D eigenvalue weighted by Crippen LogP contribution is -2.31. The minimum atomic E-state index is -0.916.